The molecule has 2 heterocycles. The lowest BCUT2D eigenvalue weighted by Gasteiger charge is -2.20. The van der Waals surface area contributed by atoms with E-state index in [1.807, 2.05) is 53.4 Å². The van der Waals surface area contributed by atoms with Crippen LogP contribution in [0, 0.1) is 0 Å². The highest BCUT2D eigenvalue weighted by molar-refractivity contribution is 6.45. The highest BCUT2D eigenvalue weighted by atomic mass is 16.5. The Kier molecular flexibility index (Phi) is 5.14. The van der Waals surface area contributed by atoms with Crippen LogP contribution in [0.1, 0.15) is 43.7 Å². The molecule has 0 N–H and O–H groups in total. The number of para-hydroxylation sites is 1. The SMILES string of the molecule is COc1ccccc1C1=C(N2CCCC2)C(=O)N(c2ccc(C(C)C)cc2)C1=O. The Morgan fingerprint density at radius 1 is 0.897 bits per heavy atom. The van der Waals surface area contributed by atoms with Crippen LogP contribution in [0.3, 0.4) is 0 Å². The molecule has 2 amide bonds. The fourth-order valence-corrected chi connectivity index (χ4v) is 4.09. The molecule has 0 radical (unpaired) electrons. The first kappa shape index (κ1) is 19.2. The fraction of sp³-hybridized carbons (Fsp3) is 0.333. The second kappa shape index (κ2) is 7.74. The Labute approximate surface area is 171 Å². The Morgan fingerprint density at radius 3 is 2.17 bits per heavy atom. The molecule has 5 heteroatoms. The van der Waals surface area contributed by atoms with Crippen molar-refractivity contribution in [1.29, 1.82) is 0 Å². The minimum atomic E-state index is -0.293. The van der Waals surface area contributed by atoms with Crippen LogP contribution in [0.15, 0.2) is 54.2 Å². The van der Waals surface area contributed by atoms with Crippen LogP contribution in [-0.2, 0) is 9.59 Å². The number of imide groups is 1. The van der Waals surface area contributed by atoms with Crippen LogP contribution in [0.2, 0.25) is 0 Å². The molecule has 2 aromatic rings. The molecule has 0 atom stereocenters. The van der Waals surface area contributed by atoms with Crippen molar-refractivity contribution in [2.24, 2.45) is 0 Å². The predicted molar refractivity (Wildman–Crippen MR) is 114 cm³/mol. The zero-order chi connectivity index (χ0) is 20.5. The molecular weight excluding hydrogens is 364 g/mol. The lowest BCUT2D eigenvalue weighted by molar-refractivity contribution is -0.120. The minimum Gasteiger partial charge on any atom is -0.496 e. The van der Waals surface area contributed by atoms with Crippen molar-refractivity contribution < 1.29 is 14.3 Å². The standard InChI is InChI=1S/C24H26N2O3/c1-16(2)17-10-12-18(13-11-17)26-23(27)21(19-8-4-5-9-20(19)29-3)22(24(26)28)25-14-6-7-15-25/h4-5,8-13,16H,6-7,14-15H2,1-3H3. The van der Waals surface area contributed by atoms with Crippen LogP contribution >= 0.6 is 0 Å². The van der Waals surface area contributed by atoms with E-state index in [-0.39, 0.29) is 11.8 Å². The first-order chi connectivity index (χ1) is 14.0. The lowest BCUT2D eigenvalue weighted by atomic mass is 10.0. The second-order valence-corrected chi connectivity index (χ2v) is 7.81. The maximum absolute atomic E-state index is 13.5. The van der Waals surface area contributed by atoms with Gasteiger partial charge in [0.25, 0.3) is 11.8 Å². The van der Waals surface area contributed by atoms with E-state index in [4.69, 9.17) is 4.74 Å². The molecule has 2 aliphatic rings. The van der Waals surface area contributed by atoms with Crippen LogP contribution in [0.5, 0.6) is 5.75 Å². The number of hydrogen-bond acceptors (Lipinski definition) is 4. The van der Waals surface area contributed by atoms with E-state index >= 15 is 0 Å². The summed E-state index contributed by atoms with van der Waals surface area (Å²) in [6.07, 6.45) is 2.04. The highest BCUT2D eigenvalue weighted by Gasteiger charge is 2.43. The molecule has 5 nitrogen and oxygen atoms in total. The van der Waals surface area contributed by atoms with Crippen molar-refractivity contribution in [3.63, 3.8) is 0 Å². The zero-order valence-electron chi connectivity index (χ0n) is 17.1. The largest absolute Gasteiger partial charge is 0.496 e. The maximum Gasteiger partial charge on any atom is 0.282 e. The molecule has 0 aromatic heterocycles. The van der Waals surface area contributed by atoms with Crippen LogP contribution in [0.4, 0.5) is 5.69 Å². The molecule has 0 saturated carbocycles. The summed E-state index contributed by atoms with van der Waals surface area (Å²) in [6, 6.07) is 15.1. The van der Waals surface area contributed by atoms with Crippen molar-refractivity contribution in [1.82, 2.24) is 4.90 Å². The summed E-state index contributed by atoms with van der Waals surface area (Å²) in [4.78, 5) is 30.4. The summed E-state index contributed by atoms with van der Waals surface area (Å²) >= 11 is 0. The van der Waals surface area contributed by atoms with Crippen molar-refractivity contribution >= 4 is 23.1 Å². The summed E-state index contributed by atoms with van der Waals surface area (Å²) in [5.41, 5.74) is 3.36. The summed E-state index contributed by atoms with van der Waals surface area (Å²) in [5, 5.41) is 0. The molecule has 2 aliphatic heterocycles. The van der Waals surface area contributed by atoms with Gasteiger partial charge in [-0.05, 0) is 42.5 Å². The normalized spacial score (nSPS) is 17.1. The molecule has 2 aromatic carbocycles. The van der Waals surface area contributed by atoms with Crippen LogP contribution < -0.4 is 9.64 Å². The number of likely N-dealkylation sites (tertiary alicyclic amines) is 1. The minimum absolute atomic E-state index is 0.255. The quantitative estimate of drug-likeness (QED) is 0.718. The average Bonchev–Trinajstić information content (AvgIpc) is 3.34. The smallest absolute Gasteiger partial charge is 0.282 e. The van der Waals surface area contributed by atoms with Gasteiger partial charge in [-0.3, -0.25) is 9.59 Å². The molecule has 0 unspecified atom stereocenters. The molecule has 1 saturated heterocycles. The number of amides is 2. The van der Waals surface area contributed by atoms with Crippen LogP contribution in [-0.4, -0.2) is 36.9 Å². The number of anilines is 1. The van der Waals surface area contributed by atoms with Gasteiger partial charge >= 0.3 is 0 Å². The predicted octanol–water partition coefficient (Wildman–Crippen LogP) is 4.20. The van der Waals surface area contributed by atoms with Gasteiger partial charge in [0.15, 0.2) is 0 Å². The van der Waals surface area contributed by atoms with E-state index in [1.165, 1.54) is 10.5 Å². The molecule has 0 spiro atoms. The number of ether oxygens (including phenoxy) is 1. The molecule has 150 valence electrons. The van der Waals surface area contributed by atoms with Crippen molar-refractivity contribution in [3.05, 3.63) is 65.4 Å². The fourth-order valence-electron chi connectivity index (χ4n) is 4.09. The Morgan fingerprint density at radius 2 is 1.55 bits per heavy atom. The third kappa shape index (κ3) is 3.31. The number of benzene rings is 2. The Hall–Kier alpha value is -3.08. The molecule has 0 bridgehead atoms. The average molecular weight is 390 g/mol. The van der Waals surface area contributed by atoms with E-state index in [0.717, 1.165) is 25.9 Å². The third-order valence-electron chi connectivity index (χ3n) is 5.68. The van der Waals surface area contributed by atoms with Gasteiger partial charge in [-0.15, -0.1) is 0 Å². The molecule has 1 fully saturated rings. The highest BCUT2D eigenvalue weighted by Crippen LogP contribution is 2.39. The molecule has 4 rings (SSSR count). The van der Waals surface area contributed by atoms with E-state index in [2.05, 4.69) is 13.8 Å². The molecule has 0 aliphatic carbocycles. The number of nitrogens with zero attached hydrogens (tertiary/aromatic N) is 2. The maximum atomic E-state index is 13.5. The summed E-state index contributed by atoms with van der Waals surface area (Å²) < 4.78 is 5.50. The van der Waals surface area contributed by atoms with Crippen LogP contribution in [0.25, 0.3) is 5.57 Å². The number of carbonyl (C=O) groups excluding carboxylic acids is 2. The van der Waals surface area contributed by atoms with E-state index in [1.54, 1.807) is 7.11 Å². The number of rotatable bonds is 5. The van der Waals surface area contributed by atoms with Gasteiger partial charge in [-0.1, -0.05) is 44.2 Å². The number of hydrogen-bond donors (Lipinski definition) is 0. The van der Waals surface area contributed by atoms with E-state index in [9.17, 15) is 9.59 Å². The third-order valence-corrected chi connectivity index (χ3v) is 5.68. The van der Waals surface area contributed by atoms with E-state index in [0.29, 0.717) is 34.2 Å². The van der Waals surface area contributed by atoms with Crippen molar-refractivity contribution in [3.8, 4) is 5.75 Å². The van der Waals surface area contributed by atoms with Gasteiger partial charge in [0.1, 0.15) is 11.4 Å². The number of carbonyl (C=O) groups is 2. The molecular formula is C24H26N2O3. The lowest BCUT2D eigenvalue weighted by Crippen LogP contribution is -2.34. The van der Waals surface area contributed by atoms with Gasteiger partial charge in [-0.25, -0.2) is 4.90 Å². The zero-order valence-corrected chi connectivity index (χ0v) is 17.1. The van der Waals surface area contributed by atoms with Gasteiger partial charge in [0, 0.05) is 18.7 Å². The van der Waals surface area contributed by atoms with Gasteiger partial charge in [-0.2, -0.15) is 0 Å². The summed E-state index contributed by atoms with van der Waals surface area (Å²) in [5.74, 6) is 0.433. The summed E-state index contributed by atoms with van der Waals surface area (Å²) in [7, 11) is 1.58. The first-order valence-corrected chi connectivity index (χ1v) is 10.1. The second-order valence-electron chi connectivity index (χ2n) is 7.81. The van der Waals surface area contributed by atoms with Crippen molar-refractivity contribution in [2.45, 2.75) is 32.6 Å². The van der Waals surface area contributed by atoms with Gasteiger partial charge < -0.3 is 9.64 Å². The Balaban J connectivity index is 1.81. The van der Waals surface area contributed by atoms with Crippen molar-refractivity contribution in [2.75, 3.05) is 25.1 Å². The van der Waals surface area contributed by atoms with Gasteiger partial charge in [0.2, 0.25) is 0 Å². The topological polar surface area (TPSA) is 49.9 Å². The monoisotopic (exact) mass is 390 g/mol. The molecule has 29 heavy (non-hydrogen) atoms. The first-order valence-electron chi connectivity index (χ1n) is 10.1. The number of methoxy groups -OCH3 is 1. The Bertz CT molecular complexity index is 970. The summed E-state index contributed by atoms with van der Waals surface area (Å²) in [6.45, 7) is 5.81. The van der Waals surface area contributed by atoms with E-state index < -0.39 is 0 Å². The van der Waals surface area contributed by atoms with Gasteiger partial charge in [0.05, 0.1) is 18.4 Å².